The lowest BCUT2D eigenvalue weighted by molar-refractivity contribution is 0.101. The van der Waals surface area contributed by atoms with E-state index >= 15 is 0 Å². The van der Waals surface area contributed by atoms with Crippen molar-refractivity contribution in [3.8, 4) is 11.5 Å². The number of halogens is 3. The summed E-state index contributed by atoms with van der Waals surface area (Å²) >= 11 is 5.94. The van der Waals surface area contributed by atoms with Gasteiger partial charge in [-0.15, -0.1) is 0 Å². The topological polar surface area (TPSA) is 26.3 Å². The first kappa shape index (κ1) is 13.5. The molecule has 0 fully saturated rings. The highest BCUT2D eigenvalue weighted by atomic mass is 35.5. The Balaban J connectivity index is 2.30. The summed E-state index contributed by atoms with van der Waals surface area (Å²) < 4.78 is 31.3. The van der Waals surface area contributed by atoms with E-state index in [1.54, 1.807) is 0 Å². The number of carbonyl (C=O) groups excluding carboxylic acids is 1. The Bertz CT molecular complexity index is 621. The van der Waals surface area contributed by atoms with Crippen LogP contribution in [-0.2, 0) is 0 Å². The van der Waals surface area contributed by atoms with Gasteiger partial charge in [0, 0.05) is 23.8 Å². The SMILES string of the molecule is CC(=O)c1ccc(Oc2cc(F)cc(F)c2)c(Cl)c1. The van der Waals surface area contributed by atoms with Crippen LogP contribution in [-0.4, -0.2) is 5.78 Å². The van der Waals surface area contributed by atoms with Crippen LogP contribution in [0.2, 0.25) is 5.02 Å². The van der Waals surface area contributed by atoms with Crippen molar-refractivity contribution in [3.63, 3.8) is 0 Å². The van der Waals surface area contributed by atoms with Gasteiger partial charge in [0.25, 0.3) is 0 Å². The van der Waals surface area contributed by atoms with Crippen LogP contribution in [0.15, 0.2) is 36.4 Å². The number of ketones is 1. The molecule has 98 valence electrons. The Labute approximate surface area is 113 Å². The molecular weight excluding hydrogens is 274 g/mol. The number of rotatable bonds is 3. The van der Waals surface area contributed by atoms with Crippen molar-refractivity contribution >= 4 is 17.4 Å². The maximum atomic E-state index is 13.0. The molecule has 0 saturated heterocycles. The maximum absolute atomic E-state index is 13.0. The van der Waals surface area contributed by atoms with Crippen molar-refractivity contribution in [2.75, 3.05) is 0 Å². The van der Waals surface area contributed by atoms with Gasteiger partial charge in [-0.05, 0) is 25.1 Å². The van der Waals surface area contributed by atoms with Crippen LogP contribution in [0.25, 0.3) is 0 Å². The minimum atomic E-state index is -0.744. The Morgan fingerprint density at radius 2 is 1.74 bits per heavy atom. The molecule has 0 atom stereocenters. The molecule has 2 nitrogen and oxygen atoms in total. The maximum Gasteiger partial charge on any atom is 0.159 e. The molecule has 2 aromatic carbocycles. The second kappa shape index (κ2) is 5.36. The number of carbonyl (C=O) groups is 1. The molecule has 2 aromatic rings. The summed E-state index contributed by atoms with van der Waals surface area (Å²) in [7, 11) is 0. The van der Waals surface area contributed by atoms with Gasteiger partial charge in [-0.2, -0.15) is 0 Å². The summed E-state index contributed by atoms with van der Waals surface area (Å²) in [5.41, 5.74) is 0.433. The van der Waals surface area contributed by atoms with E-state index in [-0.39, 0.29) is 22.3 Å². The van der Waals surface area contributed by atoms with Crippen molar-refractivity contribution < 1.29 is 18.3 Å². The molecule has 0 unspecified atom stereocenters. The van der Waals surface area contributed by atoms with Gasteiger partial charge in [-0.25, -0.2) is 8.78 Å². The standard InChI is InChI=1S/C14H9ClF2O2/c1-8(18)9-2-3-14(13(15)4-9)19-12-6-10(16)5-11(17)7-12/h2-7H,1H3. The van der Waals surface area contributed by atoms with Crippen molar-refractivity contribution in [2.45, 2.75) is 6.92 Å². The van der Waals surface area contributed by atoms with Crippen LogP contribution >= 0.6 is 11.6 Å². The van der Waals surface area contributed by atoms with Crippen molar-refractivity contribution in [3.05, 3.63) is 58.6 Å². The van der Waals surface area contributed by atoms with Gasteiger partial charge in [-0.3, -0.25) is 4.79 Å². The lowest BCUT2D eigenvalue weighted by Gasteiger charge is -2.08. The largest absolute Gasteiger partial charge is 0.456 e. The monoisotopic (exact) mass is 282 g/mol. The molecule has 0 heterocycles. The van der Waals surface area contributed by atoms with E-state index in [1.165, 1.54) is 25.1 Å². The molecule has 0 N–H and O–H groups in total. The summed E-state index contributed by atoms with van der Waals surface area (Å²) in [5, 5.41) is 0.192. The average molecular weight is 283 g/mol. The summed E-state index contributed by atoms with van der Waals surface area (Å²) in [5.74, 6) is -1.41. The Morgan fingerprint density at radius 3 is 2.26 bits per heavy atom. The fourth-order valence-corrected chi connectivity index (χ4v) is 1.74. The Hall–Kier alpha value is -1.94. The van der Waals surface area contributed by atoms with Gasteiger partial charge in [0.2, 0.25) is 0 Å². The first-order valence-electron chi connectivity index (χ1n) is 5.40. The molecule has 0 aliphatic rings. The van der Waals surface area contributed by atoms with E-state index in [9.17, 15) is 13.6 Å². The van der Waals surface area contributed by atoms with E-state index in [0.717, 1.165) is 18.2 Å². The zero-order valence-corrected chi connectivity index (χ0v) is 10.7. The smallest absolute Gasteiger partial charge is 0.159 e. The molecule has 2 rings (SSSR count). The summed E-state index contributed by atoms with van der Waals surface area (Å²) in [6.45, 7) is 1.41. The number of Topliss-reactive ketones (excluding diaryl/α,β-unsaturated/α-hetero) is 1. The van der Waals surface area contributed by atoms with Crippen LogP contribution in [0.3, 0.4) is 0 Å². The van der Waals surface area contributed by atoms with Crippen LogP contribution in [0.5, 0.6) is 11.5 Å². The van der Waals surface area contributed by atoms with E-state index < -0.39 is 11.6 Å². The minimum absolute atomic E-state index is 0.00465. The van der Waals surface area contributed by atoms with Crippen molar-refractivity contribution in [2.24, 2.45) is 0 Å². The fraction of sp³-hybridized carbons (Fsp3) is 0.0714. The predicted octanol–water partition coefficient (Wildman–Crippen LogP) is 4.61. The molecule has 0 saturated carbocycles. The Morgan fingerprint density at radius 1 is 1.11 bits per heavy atom. The highest BCUT2D eigenvalue weighted by Gasteiger charge is 2.08. The quantitative estimate of drug-likeness (QED) is 0.768. The van der Waals surface area contributed by atoms with Gasteiger partial charge in [-0.1, -0.05) is 11.6 Å². The molecule has 0 spiro atoms. The lowest BCUT2D eigenvalue weighted by Crippen LogP contribution is -1.93. The van der Waals surface area contributed by atoms with Crippen LogP contribution in [0.1, 0.15) is 17.3 Å². The number of ether oxygens (including phenoxy) is 1. The predicted molar refractivity (Wildman–Crippen MR) is 67.9 cm³/mol. The number of hydrogen-bond acceptors (Lipinski definition) is 2. The summed E-state index contributed by atoms with van der Waals surface area (Å²) in [6, 6.07) is 7.26. The zero-order valence-electron chi connectivity index (χ0n) is 9.91. The molecule has 0 aliphatic heterocycles. The molecular formula is C14H9ClF2O2. The van der Waals surface area contributed by atoms with Gasteiger partial charge in [0.15, 0.2) is 5.78 Å². The van der Waals surface area contributed by atoms with Gasteiger partial charge in [0.1, 0.15) is 23.1 Å². The van der Waals surface area contributed by atoms with E-state index in [0.29, 0.717) is 5.56 Å². The summed E-state index contributed by atoms with van der Waals surface area (Å²) in [4.78, 5) is 11.2. The molecule has 0 aliphatic carbocycles. The molecule has 19 heavy (non-hydrogen) atoms. The van der Waals surface area contributed by atoms with E-state index in [4.69, 9.17) is 16.3 Å². The minimum Gasteiger partial charge on any atom is -0.456 e. The Kier molecular flexibility index (Phi) is 3.81. The fourth-order valence-electron chi connectivity index (χ4n) is 1.52. The molecule has 5 heteroatoms. The van der Waals surface area contributed by atoms with Gasteiger partial charge in [0.05, 0.1) is 5.02 Å². The highest BCUT2D eigenvalue weighted by molar-refractivity contribution is 6.32. The second-order valence-electron chi connectivity index (χ2n) is 3.91. The number of hydrogen-bond donors (Lipinski definition) is 0. The van der Waals surface area contributed by atoms with E-state index in [2.05, 4.69) is 0 Å². The second-order valence-corrected chi connectivity index (χ2v) is 4.32. The first-order chi connectivity index (χ1) is 8.95. The summed E-state index contributed by atoms with van der Waals surface area (Å²) in [6.07, 6.45) is 0. The highest BCUT2D eigenvalue weighted by Crippen LogP contribution is 2.30. The van der Waals surface area contributed by atoms with Crippen LogP contribution in [0.4, 0.5) is 8.78 Å². The number of benzene rings is 2. The third kappa shape index (κ3) is 3.29. The van der Waals surface area contributed by atoms with E-state index in [1.807, 2.05) is 0 Å². The molecule has 0 amide bonds. The third-order valence-corrected chi connectivity index (χ3v) is 2.70. The van der Waals surface area contributed by atoms with Gasteiger partial charge >= 0.3 is 0 Å². The van der Waals surface area contributed by atoms with Crippen molar-refractivity contribution in [1.82, 2.24) is 0 Å². The molecule has 0 bridgehead atoms. The van der Waals surface area contributed by atoms with Gasteiger partial charge < -0.3 is 4.74 Å². The van der Waals surface area contributed by atoms with Crippen LogP contribution in [0, 0.1) is 11.6 Å². The average Bonchev–Trinajstić information content (AvgIpc) is 2.30. The van der Waals surface area contributed by atoms with Crippen LogP contribution < -0.4 is 4.74 Å². The third-order valence-electron chi connectivity index (χ3n) is 2.40. The molecule has 0 radical (unpaired) electrons. The normalized spacial score (nSPS) is 10.3. The first-order valence-corrected chi connectivity index (χ1v) is 5.78. The zero-order chi connectivity index (χ0) is 14.0. The lowest BCUT2D eigenvalue weighted by atomic mass is 10.1. The van der Waals surface area contributed by atoms with Crippen molar-refractivity contribution in [1.29, 1.82) is 0 Å². The molecule has 0 aromatic heterocycles.